The molecular weight excluding hydrogens is 1200 g/mol. The van der Waals surface area contributed by atoms with Crippen molar-refractivity contribution in [2.45, 2.75) is 297 Å². The number of primary amides is 1. The molecule has 8 aliphatic heterocycles. The minimum Gasteiger partial charge on any atom is -0.444 e. The van der Waals surface area contributed by atoms with Gasteiger partial charge in [0.1, 0.15) is 11.4 Å². The second-order valence-corrected chi connectivity index (χ2v) is 33.1. The number of carbonyl (C=O) groups excluding carboxylic acids is 6. The lowest BCUT2D eigenvalue weighted by atomic mass is 9.80. The predicted octanol–water partition coefficient (Wildman–Crippen LogP) is 13.2. The summed E-state index contributed by atoms with van der Waals surface area (Å²) in [7, 11) is 0. The molecule has 0 radical (unpaired) electrons. The third kappa shape index (κ3) is 35.7. The summed E-state index contributed by atoms with van der Waals surface area (Å²) < 4.78 is 5.39. The molecule has 5 atom stereocenters. The highest BCUT2D eigenvalue weighted by molar-refractivity contribution is 5.82. The standard InChI is InChI=1S/C14H28N2O.C12H23NO2.C11H21NO.C10H20N2.C9H17N.C8H16N2O.C8H15NO.C6H11NO/c1-5-16(6-2)14(17)11-15-9-7-13(8-10-15)12(3)4;1-9(2)10-7-6-8-13(10)11(14)15-12(3,4)5;1-9(2)11-4-6-12(7-5-11)8-10(3)13;1-8(2)10-5-4-6-12(10)7-9(3)11;1-7-5-8(6-10-7)9(2,3)4;1-6(2)10-5-3-4-7(10)8(9)11;1-6(2)7-4-3-5-8(10)9-7;1-5(2)7-4-3-6(7)8/h12-13H,5-11H2,1-4H3;9-10H,6-8H2,1-5H3;9,11H,4-8H2,1-3H3;8,10H,3-7,11H2,1-2H3;8,10H,1,5-6H2,2-4H3;6-7H,3-5H2,1-2H3,(H2,9,11);6-7H,3-5H2,1-2H3,(H,9,10);5H,3-4H2,1-2H3. The molecule has 8 aliphatic rings. The van der Waals surface area contributed by atoms with Gasteiger partial charge in [-0.2, -0.15) is 0 Å². The molecule has 0 aromatic carbocycles. The molecule has 560 valence electrons. The number of carbonyl (C=O) groups is 6. The van der Waals surface area contributed by atoms with Crippen LogP contribution in [0.15, 0.2) is 24.6 Å². The molecule has 18 heteroatoms. The Morgan fingerprint density at radius 2 is 1.11 bits per heavy atom. The highest BCUT2D eigenvalue weighted by Crippen LogP contribution is 2.33. The van der Waals surface area contributed by atoms with Crippen molar-refractivity contribution < 1.29 is 33.5 Å². The van der Waals surface area contributed by atoms with Crippen LogP contribution >= 0.6 is 0 Å². The van der Waals surface area contributed by atoms with Crippen LogP contribution in [0.2, 0.25) is 0 Å². The molecule has 0 spiro atoms. The lowest BCUT2D eigenvalue weighted by molar-refractivity contribution is -0.142. The number of piperidine rings is 3. The van der Waals surface area contributed by atoms with Crippen LogP contribution in [0.3, 0.4) is 0 Å². The van der Waals surface area contributed by atoms with E-state index in [1.807, 2.05) is 63.2 Å². The Morgan fingerprint density at radius 3 is 1.45 bits per heavy atom. The normalized spacial score (nSPS) is 22.9. The van der Waals surface area contributed by atoms with Crippen molar-refractivity contribution in [2.24, 2.45) is 64.2 Å². The van der Waals surface area contributed by atoms with Gasteiger partial charge in [-0.15, -0.1) is 0 Å². The number of ketones is 1. The summed E-state index contributed by atoms with van der Waals surface area (Å²) >= 11 is 0. The predicted molar refractivity (Wildman–Crippen MR) is 401 cm³/mol. The summed E-state index contributed by atoms with van der Waals surface area (Å²) in [5, 5.41) is 6.26. The first-order chi connectivity index (χ1) is 44.6. The average Bonchev–Trinajstić information content (AvgIpc) is 1.42. The third-order valence-electron chi connectivity index (χ3n) is 20.5. The number of allylic oxidation sites excluding steroid dienone is 1. The first-order valence-electron chi connectivity index (χ1n) is 38.1. The molecule has 8 rings (SSSR count). The summed E-state index contributed by atoms with van der Waals surface area (Å²) in [6, 6.07) is 2.37. The van der Waals surface area contributed by atoms with Crippen LogP contribution in [0.5, 0.6) is 0 Å². The maximum absolute atomic E-state index is 12.0. The van der Waals surface area contributed by atoms with E-state index in [-0.39, 0.29) is 35.5 Å². The van der Waals surface area contributed by atoms with Gasteiger partial charge in [-0.05, 0) is 245 Å². The fourth-order valence-electron chi connectivity index (χ4n) is 14.1. The van der Waals surface area contributed by atoms with Crippen molar-refractivity contribution in [3.8, 4) is 0 Å². The van der Waals surface area contributed by atoms with Crippen molar-refractivity contribution in [1.29, 1.82) is 0 Å². The third-order valence-corrected chi connectivity index (χ3v) is 20.5. The Hall–Kier alpha value is -4.26. The molecule has 0 saturated carbocycles. The number of ether oxygens (including phenoxy) is 1. The number of hydrogen-bond donors (Lipinski definition) is 4. The summed E-state index contributed by atoms with van der Waals surface area (Å²) in [4.78, 5) is 82.0. The number of nitrogens with one attached hydrogen (secondary N) is 2. The van der Waals surface area contributed by atoms with E-state index in [1.165, 1.54) is 50.8 Å². The van der Waals surface area contributed by atoms with Gasteiger partial charge in [0, 0.05) is 93.7 Å². The Kier molecular flexibility index (Phi) is 42.5. The van der Waals surface area contributed by atoms with E-state index in [4.69, 9.17) is 16.2 Å². The van der Waals surface area contributed by atoms with Gasteiger partial charge in [0.25, 0.3) is 0 Å². The number of likely N-dealkylation sites (N-methyl/N-ethyl adjacent to an activating group) is 1. The van der Waals surface area contributed by atoms with Crippen LogP contribution in [0.25, 0.3) is 0 Å². The van der Waals surface area contributed by atoms with Crippen LogP contribution in [-0.4, -0.2) is 203 Å². The van der Waals surface area contributed by atoms with Crippen molar-refractivity contribution in [1.82, 2.24) is 44.9 Å². The van der Waals surface area contributed by atoms with Crippen LogP contribution in [0.1, 0.15) is 256 Å². The quantitative estimate of drug-likeness (QED) is 0.106. The van der Waals surface area contributed by atoms with Crippen LogP contribution in [-0.2, 0) is 28.7 Å². The SMILES string of the molecule is C=C(N)CN1CCCC1C(C)C.C=C1CC(C(C)(C)C)CN1.CC(=O)CN1CCC(C(C)C)CC1.CC(C)C1CCCC(=O)N1.CC(C)C1CCCN1C(=O)OC(C)(C)C.CC(C)N1CCC1=O.CC(C)N1CCCC1C(N)=O.CCN(CC)C(=O)CN1CCC(C(C)C)CC1. The minimum absolute atomic E-state index is 0.00463. The van der Waals surface area contributed by atoms with Crippen molar-refractivity contribution in [3.05, 3.63) is 24.6 Å². The Morgan fingerprint density at radius 1 is 0.604 bits per heavy atom. The fourth-order valence-corrected chi connectivity index (χ4v) is 14.1. The molecule has 8 heterocycles. The molecule has 0 bridgehead atoms. The molecule has 96 heavy (non-hydrogen) atoms. The van der Waals surface area contributed by atoms with Gasteiger partial charge in [-0.1, -0.05) is 103 Å². The number of Topliss-reactive ketones (excluding diaryl/α,β-unsaturated/α-hetero) is 1. The highest BCUT2D eigenvalue weighted by Gasteiger charge is 2.35. The first kappa shape index (κ1) is 89.8. The largest absolute Gasteiger partial charge is 0.444 e. The molecule has 0 aliphatic carbocycles. The van der Waals surface area contributed by atoms with Gasteiger partial charge in [0.15, 0.2) is 0 Å². The zero-order valence-corrected chi connectivity index (χ0v) is 66.1. The van der Waals surface area contributed by atoms with Gasteiger partial charge >= 0.3 is 6.09 Å². The number of nitrogens with zero attached hydrogens (tertiary/aromatic N) is 7. The van der Waals surface area contributed by atoms with Crippen molar-refractivity contribution >= 4 is 35.5 Å². The molecule has 6 N–H and O–H groups in total. The van der Waals surface area contributed by atoms with Crippen molar-refractivity contribution in [2.75, 3.05) is 91.6 Å². The van der Waals surface area contributed by atoms with E-state index in [0.29, 0.717) is 66.2 Å². The number of nitrogens with two attached hydrogens (primary N) is 2. The number of likely N-dealkylation sites (tertiary alicyclic amines) is 6. The Bertz CT molecular complexity index is 2250. The van der Waals surface area contributed by atoms with Gasteiger partial charge in [-0.25, -0.2) is 4.79 Å². The minimum atomic E-state index is -0.388. The number of rotatable bonds is 16. The summed E-state index contributed by atoms with van der Waals surface area (Å²) in [6.07, 6.45) is 16.6. The van der Waals surface area contributed by atoms with Crippen molar-refractivity contribution in [3.63, 3.8) is 0 Å². The van der Waals surface area contributed by atoms with Gasteiger partial charge < -0.3 is 41.5 Å². The molecule has 0 aromatic heterocycles. The van der Waals surface area contributed by atoms with Crippen LogP contribution in [0.4, 0.5) is 4.79 Å². The topological polar surface area (TPSA) is 210 Å². The Labute approximate surface area is 589 Å². The Balaban J connectivity index is 0.000000553. The second kappa shape index (κ2) is 45.5. The lowest BCUT2D eigenvalue weighted by Gasteiger charge is -2.34. The fraction of sp³-hybridized carbons (Fsp3) is 0.872. The summed E-state index contributed by atoms with van der Waals surface area (Å²) in [5.74, 6) is 6.89. The molecule has 8 saturated heterocycles. The average molecular weight is 1360 g/mol. The summed E-state index contributed by atoms with van der Waals surface area (Å²) in [6.45, 7) is 70.0. The molecule has 5 unspecified atom stereocenters. The molecule has 8 fully saturated rings. The van der Waals surface area contributed by atoms with E-state index >= 15 is 0 Å². The van der Waals surface area contributed by atoms with E-state index < -0.39 is 0 Å². The maximum atomic E-state index is 12.0. The lowest BCUT2D eigenvalue weighted by Crippen LogP contribution is -2.47. The van der Waals surface area contributed by atoms with Gasteiger partial charge in [0.2, 0.25) is 23.6 Å². The maximum Gasteiger partial charge on any atom is 0.410 e. The van der Waals surface area contributed by atoms with Crippen LogP contribution < -0.4 is 22.1 Å². The zero-order valence-electron chi connectivity index (χ0n) is 66.1. The molecule has 5 amide bonds. The molecule has 0 aromatic rings. The second-order valence-electron chi connectivity index (χ2n) is 33.1. The molecule has 18 nitrogen and oxygen atoms in total. The van der Waals surface area contributed by atoms with E-state index in [0.717, 1.165) is 177 Å². The number of hydrogen-bond acceptors (Lipinski definition) is 13. The van der Waals surface area contributed by atoms with E-state index in [9.17, 15) is 28.8 Å². The summed E-state index contributed by atoms with van der Waals surface area (Å²) in [5.41, 5.74) is 12.9. The van der Waals surface area contributed by atoms with E-state index in [1.54, 1.807) is 6.92 Å². The number of β-lactam (4-membered cyclic amide) rings is 1. The van der Waals surface area contributed by atoms with E-state index in [2.05, 4.69) is 147 Å². The smallest absolute Gasteiger partial charge is 0.410 e. The van der Waals surface area contributed by atoms with Gasteiger partial charge in [0.05, 0.1) is 19.1 Å². The highest BCUT2D eigenvalue weighted by atomic mass is 16.6. The first-order valence-corrected chi connectivity index (χ1v) is 38.1. The monoisotopic (exact) mass is 1350 g/mol. The zero-order chi connectivity index (χ0) is 73.4. The number of amides is 5. The van der Waals surface area contributed by atoms with Gasteiger partial charge in [-0.3, -0.25) is 43.6 Å². The molecular formula is C78H151N11O7. The van der Waals surface area contributed by atoms with Crippen LogP contribution in [0, 0.1) is 52.8 Å².